The van der Waals surface area contributed by atoms with Crippen LogP contribution in [0.3, 0.4) is 0 Å². The smallest absolute Gasteiger partial charge is 0.225 e. The van der Waals surface area contributed by atoms with Gasteiger partial charge in [0, 0.05) is 13.2 Å². The monoisotopic (exact) mass is 212 g/mol. The second-order valence-corrected chi connectivity index (χ2v) is 4.89. The zero-order valence-corrected chi connectivity index (χ0v) is 9.34. The van der Waals surface area contributed by atoms with Gasteiger partial charge >= 0.3 is 0 Å². The van der Waals surface area contributed by atoms with Crippen LogP contribution < -0.4 is 10.6 Å². The first-order valence-corrected chi connectivity index (χ1v) is 5.80. The van der Waals surface area contributed by atoms with Crippen molar-refractivity contribution in [2.24, 2.45) is 5.92 Å². The van der Waals surface area contributed by atoms with Gasteiger partial charge in [-0.1, -0.05) is 0 Å². The van der Waals surface area contributed by atoms with E-state index in [0.29, 0.717) is 6.61 Å². The van der Waals surface area contributed by atoms with Crippen molar-refractivity contribution in [2.45, 2.75) is 31.7 Å². The molecule has 2 atom stereocenters. The van der Waals surface area contributed by atoms with Gasteiger partial charge in [-0.2, -0.15) is 0 Å². The van der Waals surface area contributed by atoms with Gasteiger partial charge in [-0.05, 0) is 32.7 Å². The second kappa shape index (κ2) is 4.49. The molecule has 0 aromatic heterocycles. The highest BCUT2D eigenvalue weighted by atomic mass is 16.5. The minimum absolute atomic E-state index is 0.0471. The van der Waals surface area contributed by atoms with E-state index < -0.39 is 0 Å². The standard InChI is InChI=1S/C11H20N2O2/c1-11(4-5-12-8-11)13-10(14)9-3-2-6-15-7-9/h9,12H,2-8H2,1H3,(H,13,14). The van der Waals surface area contributed by atoms with E-state index in [9.17, 15) is 4.79 Å². The summed E-state index contributed by atoms with van der Waals surface area (Å²) in [5.41, 5.74) is -0.0471. The molecule has 2 heterocycles. The van der Waals surface area contributed by atoms with Crippen molar-refractivity contribution in [3.05, 3.63) is 0 Å². The fourth-order valence-corrected chi connectivity index (χ4v) is 2.27. The summed E-state index contributed by atoms with van der Waals surface area (Å²) in [6.45, 7) is 5.39. The first-order chi connectivity index (χ1) is 7.20. The number of hydrogen-bond acceptors (Lipinski definition) is 3. The Morgan fingerprint density at radius 2 is 2.47 bits per heavy atom. The van der Waals surface area contributed by atoms with Crippen LogP contribution in [0.1, 0.15) is 26.2 Å². The predicted molar refractivity (Wildman–Crippen MR) is 57.6 cm³/mol. The van der Waals surface area contributed by atoms with Gasteiger partial charge in [-0.25, -0.2) is 0 Å². The van der Waals surface area contributed by atoms with E-state index in [2.05, 4.69) is 17.6 Å². The van der Waals surface area contributed by atoms with Gasteiger partial charge in [0.05, 0.1) is 18.1 Å². The molecule has 0 bridgehead atoms. The van der Waals surface area contributed by atoms with Gasteiger partial charge in [-0.3, -0.25) is 4.79 Å². The Morgan fingerprint density at radius 1 is 1.60 bits per heavy atom. The van der Waals surface area contributed by atoms with Crippen LogP contribution in [-0.2, 0) is 9.53 Å². The van der Waals surface area contributed by atoms with E-state index in [1.807, 2.05) is 0 Å². The minimum atomic E-state index is -0.0471. The van der Waals surface area contributed by atoms with Crippen LogP contribution in [0.4, 0.5) is 0 Å². The number of carbonyl (C=O) groups excluding carboxylic acids is 1. The Bertz CT molecular complexity index is 231. The Hall–Kier alpha value is -0.610. The summed E-state index contributed by atoms with van der Waals surface area (Å²) in [5, 5.41) is 6.42. The second-order valence-electron chi connectivity index (χ2n) is 4.89. The van der Waals surface area contributed by atoms with Crippen LogP contribution >= 0.6 is 0 Å². The van der Waals surface area contributed by atoms with Crippen LogP contribution in [-0.4, -0.2) is 37.7 Å². The summed E-state index contributed by atoms with van der Waals surface area (Å²) in [6, 6.07) is 0. The first-order valence-electron chi connectivity index (χ1n) is 5.80. The Kier molecular flexibility index (Phi) is 3.26. The zero-order chi connectivity index (χ0) is 10.7. The molecule has 4 heteroatoms. The lowest BCUT2D eigenvalue weighted by Gasteiger charge is -2.29. The number of rotatable bonds is 2. The maximum atomic E-state index is 11.9. The molecule has 2 fully saturated rings. The molecule has 2 rings (SSSR count). The minimum Gasteiger partial charge on any atom is -0.381 e. The van der Waals surface area contributed by atoms with Gasteiger partial charge in [0.15, 0.2) is 0 Å². The molecule has 86 valence electrons. The Labute approximate surface area is 90.8 Å². The third-order valence-electron chi connectivity index (χ3n) is 3.32. The molecule has 0 radical (unpaired) electrons. The number of carbonyl (C=O) groups is 1. The Morgan fingerprint density at radius 3 is 3.07 bits per heavy atom. The topological polar surface area (TPSA) is 50.4 Å². The van der Waals surface area contributed by atoms with Crippen LogP contribution in [0.2, 0.25) is 0 Å². The summed E-state index contributed by atoms with van der Waals surface area (Å²) in [7, 11) is 0. The largest absolute Gasteiger partial charge is 0.381 e. The number of amides is 1. The molecule has 15 heavy (non-hydrogen) atoms. The van der Waals surface area contributed by atoms with Crippen molar-refractivity contribution in [2.75, 3.05) is 26.3 Å². The molecular weight excluding hydrogens is 192 g/mol. The maximum absolute atomic E-state index is 11.9. The van der Waals surface area contributed by atoms with Crippen molar-refractivity contribution < 1.29 is 9.53 Å². The first kappa shape index (κ1) is 10.9. The molecule has 2 saturated heterocycles. The molecule has 0 aromatic carbocycles. The molecule has 2 aliphatic heterocycles. The normalized spacial score (nSPS) is 36.5. The highest BCUT2D eigenvalue weighted by Crippen LogP contribution is 2.18. The predicted octanol–water partition coefficient (Wildman–Crippen LogP) is 0.281. The SMILES string of the molecule is CC1(NC(=O)C2CCCOC2)CCNC1. The maximum Gasteiger partial charge on any atom is 0.225 e. The number of nitrogens with one attached hydrogen (secondary N) is 2. The van der Waals surface area contributed by atoms with Crippen molar-refractivity contribution in [3.8, 4) is 0 Å². The molecule has 1 amide bonds. The number of ether oxygens (including phenoxy) is 1. The summed E-state index contributed by atoms with van der Waals surface area (Å²) in [5.74, 6) is 0.233. The fourth-order valence-electron chi connectivity index (χ4n) is 2.27. The lowest BCUT2D eigenvalue weighted by Crippen LogP contribution is -2.50. The van der Waals surface area contributed by atoms with E-state index in [4.69, 9.17) is 4.74 Å². The van der Waals surface area contributed by atoms with E-state index in [1.54, 1.807) is 0 Å². The van der Waals surface area contributed by atoms with Crippen molar-refractivity contribution >= 4 is 5.91 Å². The molecule has 2 aliphatic rings. The van der Waals surface area contributed by atoms with E-state index >= 15 is 0 Å². The van der Waals surface area contributed by atoms with Crippen molar-refractivity contribution in [1.29, 1.82) is 0 Å². The quantitative estimate of drug-likeness (QED) is 0.691. The third kappa shape index (κ3) is 2.69. The van der Waals surface area contributed by atoms with Gasteiger partial charge in [0.25, 0.3) is 0 Å². The highest BCUT2D eigenvalue weighted by molar-refractivity contribution is 5.79. The lowest BCUT2D eigenvalue weighted by atomic mass is 9.97. The van der Waals surface area contributed by atoms with Crippen molar-refractivity contribution in [1.82, 2.24) is 10.6 Å². The van der Waals surface area contributed by atoms with Crippen LogP contribution in [0.5, 0.6) is 0 Å². The van der Waals surface area contributed by atoms with Crippen LogP contribution in [0.15, 0.2) is 0 Å². The lowest BCUT2D eigenvalue weighted by molar-refractivity contribution is -0.130. The third-order valence-corrected chi connectivity index (χ3v) is 3.32. The summed E-state index contributed by atoms with van der Waals surface area (Å²) < 4.78 is 5.32. The van der Waals surface area contributed by atoms with Gasteiger partial charge in [0.2, 0.25) is 5.91 Å². The Balaban J connectivity index is 1.85. The van der Waals surface area contributed by atoms with E-state index in [-0.39, 0.29) is 17.4 Å². The van der Waals surface area contributed by atoms with Gasteiger partial charge in [0.1, 0.15) is 0 Å². The molecule has 0 saturated carbocycles. The van der Waals surface area contributed by atoms with Gasteiger partial charge < -0.3 is 15.4 Å². The molecule has 0 aliphatic carbocycles. The average molecular weight is 212 g/mol. The van der Waals surface area contributed by atoms with E-state index in [1.165, 1.54) is 0 Å². The fraction of sp³-hybridized carbons (Fsp3) is 0.909. The summed E-state index contributed by atoms with van der Waals surface area (Å²) in [4.78, 5) is 11.9. The zero-order valence-electron chi connectivity index (χ0n) is 9.34. The van der Waals surface area contributed by atoms with Crippen LogP contribution in [0, 0.1) is 5.92 Å². The van der Waals surface area contributed by atoms with Crippen molar-refractivity contribution in [3.63, 3.8) is 0 Å². The molecular formula is C11H20N2O2. The molecule has 0 spiro atoms. The summed E-state index contributed by atoms with van der Waals surface area (Å²) >= 11 is 0. The molecule has 2 unspecified atom stereocenters. The summed E-state index contributed by atoms with van der Waals surface area (Å²) in [6.07, 6.45) is 2.99. The molecule has 2 N–H and O–H groups in total. The van der Waals surface area contributed by atoms with Crippen LogP contribution in [0.25, 0.3) is 0 Å². The molecule has 0 aromatic rings. The average Bonchev–Trinajstić information content (AvgIpc) is 2.66. The van der Waals surface area contributed by atoms with Gasteiger partial charge in [-0.15, -0.1) is 0 Å². The highest BCUT2D eigenvalue weighted by Gasteiger charge is 2.32. The molecule has 4 nitrogen and oxygen atoms in total. The number of hydrogen-bond donors (Lipinski definition) is 2. The van der Waals surface area contributed by atoms with E-state index in [0.717, 1.165) is 39.0 Å².